The van der Waals surface area contributed by atoms with E-state index in [-0.39, 0.29) is 0 Å². The average Bonchev–Trinajstić information content (AvgIpc) is 3.30. The number of rotatable bonds is 7. The Kier molecular flexibility index (Phi) is 4.37. The van der Waals surface area contributed by atoms with Crippen LogP contribution in [-0.2, 0) is 4.74 Å². The van der Waals surface area contributed by atoms with E-state index in [1.165, 1.54) is 32.2 Å². The van der Waals surface area contributed by atoms with E-state index in [4.69, 9.17) is 4.74 Å². The van der Waals surface area contributed by atoms with Gasteiger partial charge in [-0.1, -0.05) is 13.8 Å². The lowest BCUT2D eigenvalue weighted by Crippen LogP contribution is -2.70. The zero-order chi connectivity index (χ0) is 15.1. The van der Waals surface area contributed by atoms with Crippen molar-refractivity contribution in [2.45, 2.75) is 64.5 Å². The zero-order valence-corrected chi connectivity index (χ0v) is 14.5. The largest absolute Gasteiger partial charge is 0.380 e. The van der Waals surface area contributed by atoms with Crippen molar-refractivity contribution in [3.63, 3.8) is 0 Å². The van der Waals surface area contributed by atoms with E-state index in [0.717, 1.165) is 38.1 Å². The molecule has 0 aromatic rings. The van der Waals surface area contributed by atoms with Crippen molar-refractivity contribution in [1.82, 2.24) is 10.2 Å². The molecule has 3 rings (SSSR count). The second kappa shape index (κ2) is 5.82. The maximum atomic E-state index is 5.87. The van der Waals surface area contributed by atoms with Crippen LogP contribution in [0.25, 0.3) is 0 Å². The Morgan fingerprint density at radius 2 is 1.81 bits per heavy atom. The molecular weight excluding hydrogens is 260 g/mol. The van der Waals surface area contributed by atoms with Crippen molar-refractivity contribution < 1.29 is 4.74 Å². The van der Waals surface area contributed by atoms with E-state index < -0.39 is 0 Å². The van der Waals surface area contributed by atoms with Gasteiger partial charge in [-0.05, 0) is 57.3 Å². The Morgan fingerprint density at radius 3 is 2.38 bits per heavy atom. The quantitative estimate of drug-likeness (QED) is 0.731. The Morgan fingerprint density at radius 1 is 1.14 bits per heavy atom. The fourth-order valence-corrected chi connectivity index (χ4v) is 4.06. The summed E-state index contributed by atoms with van der Waals surface area (Å²) in [4.78, 5) is 2.76. The lowest BCUT2D eigenvalue weighted by atomic mass is 9.83. The van der Waals surface area contributed by atoms with Crippen molar-refractivity contribution in [1.29, 1.82) is 0 Å². The molecule has 1 aliphatic heterocycles. The highest BCUT2D eigenvalue weighted by molar-refractivity contribution is 5.11. The fraction of sp³-hybridized carbons (Fsp3) is 1.00. The summed E-state index contributed by atoms with van der Waals surface area (Å²) >= 11 is 0. The lowest BCUT2D eigenvalue weighted by Gasteiger charge is -2.53. The van der Waals surface area contributed by atoms with Gasteiger partial charge in [0.2, 0.25) is 0 Å². The van der Waals surface area contributed by atoms with Crippen LogP contribution in [0.2, 0.25) is 0 Å². The van der Waals surface area contributed by atoms with Gasteiger partial charge in [0.05, 0.1) is 6.61 Å². The van der Waals surface area contributed by atoms with Gasteiger partial charge in [-0.15, -0.1) is 0 Å². The first-order valence-corrected chi connectivity index (χ1v) is 9.02. The third-order valence-corrected chi connectivity index (χ3v) is 5.98. The molecule has 3 fully saturated rings. The van der Waals surface area contributed by atoms with Gasteiger partial charge in [-0.25, -0.2) is 0 Å². The minimum atomic E-state index is 0.340. The van der Waals surface area contributed by atoms with Crippen molar-refractivity contribution in [3.05, 3.63) is 0 Å². The molecule has 2 atom stereocenters. The third kappa shape index (κ3) is 3.46. The summed E-state index contributed by atoms with van der Waals surface area (Å²) in [5, 5.41) is 3.93. The lowest BCUT2D eigenvalue weighted by molar-refractivity contribution is -0.0222. The molecule has 0 aromatic carbocycles. The summed E-state index contributed by atoms with van der Waals surface area (Å²) in [5.74, 6) is 2.44. The van der Waals surface area contributed by atoms with E-state index in [9.17, 15) is 0 Å². The number of ether oxygens (including phenoxy) is 1. The predicted octanol–water partition coefficient (Wildman–Crippen LogP) is 2.90. The average molecular weight is 294 g/mol. The highest BCUT2D eigenvalue weighted by Gasteiger charge is 2.53. The topological polar surface area (TPSA) is 24.5 Å². The molecule has 122 valence electrons. The zero-order valence-electron chi connectivity index (χ0n) is 14.5. The molecule has 2 saturated carbocycles. The van der Waals surface area contributed by atoms with Crippen molar-refractivity contribution in [3.8, 4) is 0 Å². The molecule has 1 saturated heterocycles. The summed E-state index contributed by atoms with van der Waals surface area (Å²) in [6, 6.07) is 0. The molecule has 3 heteroatoms. The van der Waals surface area contributed by atoms with E-state index in [2.05, 4.69) is 37.9 Å². The number of hydrogen-bond donors (Lipinski definition) is 1. The van der Waals surface area contributed by atoms with E-state index >= 15 is 0 Å². The first kappa shape index (κ1) is 15.8. The highest BCUT2D eigenvalue weighted by atomic mass is 16.5. The van der Waals surface area contributed by atoms with Crippen LogP contribution in [0.4, 0.5) is 0 Å². The molecule has 1 N–H and O–H groups in total. The maximum absolute atomic E-state index is 5.87. The minimum absolute atomic E-state index is 0.340. The Bertz CT molecular complexity index is 364. The van der Waals surface area contributed by atoms with Gasteiger partial charge in [0.25, 0.3) is 0 Å². The van der Waals surface area contributed by atoms with E-state index in [1.807, 2.05) is 0 Å². The molecule has 0 bridgehead atoms. The maximum Gasteiger partial charge on any atom is 0.0593 e. The monoisotopic (exact) mass is 294 g/mol. The molecule has 0 radical (unpaired) electrons. The molecule has 0 amide bonds. The van der Waals surface area contributed by atoms with Gasteiger partial charge < -0.3 is 10.1 Å². The highest BCUT2D eigenvalue weighted by Crippen LogP contribution is 2.48. The van der Waals surface area contributed by atoms with Gasteiger partial charge in [0.15, 0.2) is 0 Å². The molecular formula is C18H34N2O. The molecule has 2 unspecified atom stereocenters. The predicted molar refractivity (Wildman–Crippen MR) is 87.5 cm³/mol. The smallest absolute Gasteiger partial charge is 0.0593 e. The number of nitrogens with one attached hydrogen (secondary N) is 1. The first-order chi connectivity index (χ1) is 9.94. The summed E-state index contributed by atoms with van der Waals surface area (Å²) in [5.41, 5.74) is 0.696. The van der Waals surface area contributed by atoms with E-state index in [0.29, 0.717) is 17.0 Å². The Hall–Kier alpha value is -0.120. The Labute approximate surface area is 130 Å². The molecule has 2 aliphatic carbocycles. The van der Waals surface area contributed by atoms with Gasteiger partial charge in [0.1, 0.15) is 0 Å². The second-order valence-electron chi connectivity index (χ2n) is 8.57. The molecule has 3 nitrogen and oxygen atoms in total. The number of nitrogens with zero attached hydrogens (tertiary/aromatic N) is 1. The molecule has 0 aromatic heterocycles. The van der Waals surface area contributed by atoms with Crippen LogP contribution in [0.3, 0.4) is 0 Å². The standard InChI is InChI=1S/C18H34N2O/c1-14(2)11-21-10-9-20-13-17(3,15-5-6-15)19-12-18(20,4)16-7-8-16/h14-16,19H,5-13H2,1-4H3. The van der Waals surface area contributed by atoms with Gasteiger partial charge in [-0.3, -0.25) is 4.90 Å². The van der Waals surface area contributed by atoms with Crippen LogP contribution < -0.4 is 5.32 Å². The normalized spacial score (nSPS) is 38.1. The molecule has 1 heterocycles. The van der Waals surface area contributed by atoms with Crippen LogP contribution in [0.5, 0.6) is 0 Å². The summed E-state index contributed by atoms with van der Waals surface area (Å²) in [6.45, 7) is 14.6. The molecule has 21 heavy (non-hydrogen) atoms. The van der Waals surface area contributed by atoms with Gasteiger partial charge in [-0.2, -0.15) is 0 Å². The van der Waals surface area contributed by atoms with Gasteiger partial charge >= 0.3 is 0 Å². The molecule has 3 aliphatic rings. The van der Waals surface area contributed by atoms with Crippen LogP contribution in [0.1, 0.15) is 53.4 Å². The minimum Gasteiger partial charge on any atom is -0.380 e. The number of hydrogen-bond acceptors (Lipinski definition) is 3. The summed E-state index contributed by atoms with van der Waals surface area (Å²) in [6.07, 6.45) is 5.67. The van der Waals surface area contributed by atoms with Crippen LogP contribution in [-0.4, -0.2) is 48.8 Å². The van der Waals surface area contributed by atoms with Crippen molar-refractivity contribution in [2.24, 2.45) is 17.8 Å². The van der Waals surface area contributed by atoms with Crippen LogP contribution in [0, 0.1) is 17.8 Å². The summed E-state index contributed by atoms with van der Waals surface area (Å²) < 4.78 is 5.87. The number of piperazine rings is 1. The Balaban J connectivity index is 1.59. The SMILES string of the molecule is CC(C)COCCN1CC(C)(C2CC2)NCC1(C)C1CC1. The van der Waals surface area contributed by atoms with Crippen LogP contribution >= 0.6 is 0 Å². The first-order valence-electron chi connectivity index (χ1n) is 9.02. The third-order valence-electron chi connectivity index (χ3n) is 5.98. The van der Waals surface area contributed by atoms with Crippen molar-refractivity contribution in [2.75, 3.05) is 32.8 Å². The van der Waals surface area contributed by atoms with Gasteiger partial charge in [0, 0.05) is 37.3 Å². The van der Waals surface area contributed by atoms with Crippen LogP contribution in [0.15, 0.2) is 0 Å². The fourth-order valence-electron chi connectivity index (χ4n) is 4.06. The second-order valence-corrected chi connectivity index (χ2v) is 8.57. The molecule has 0 spiro atoms. The summed E-state index contributed by atoms with van der Waals surface area (Å²) in [7, 11) is 0. The van der Waals surface area contributed by atoms with Crippen molar-refractivity contribution >= 4 is 0 Å². The van der Waals surface area contributed by atoms with E-state index in [1.54, 1.807) is 0 Å².